The molecule has 234 valence electrons. The molecule has 3 saturated heterocycles. The molecule has 4 aliphatic rings. The second kappa shape index (κ2) is 10.6. The number of nitriles is 1. The fourth-order valence-corrected chi connectivity index (χ4v) is 7.84. The number of phenols is 1. The van der Waals surface area contributed by atoms with E-state index in [-0.39, 0.29) is 75.9 Å². The van der Waals surface area contributed by atoms with E-state index in [4.69, 9.17) is 20.9 Å². The summed E-state index contributed by atoms with van der Waals surface area (Å²) in [4.78, 5) is 18.0. The number of hydrogen-bond donors (Lipinski definition) is 1. The summed E-state index contributed by atoms with van der Waals surface area (Å²) in [6, 6.07) is 7.36. The Balaban J connectivity index is 1.32. The minimum atomic E-state index is -0.950. The van der Waals surface area contributed by atoms with Crippen LogP contribution in [0.15, 0.2) is 24.3 Å². The van der Waals surface area contributed by atoms with Gasteiger partial charge >= 0.3 is 6.01 Å². The molecule has 0 amide bonds. The summed E-state index contributed by atoms with van der Waals surface area (Å²) >= 11 is 0. The molecule has 4 aromatic rings. The SMILES string of the molecule is C#Cc1c(F)ccc2cc(O)cc(-c3nc4c5c(nc(OC[C@@]67CCCN6C[C@H](F)C7)nc5c3F)N3CC[C@H](C#N)C[C@@H]3CO4)c12. The van der Waals surface area contributed by atoms with Crippen molar-refractivity contribution < 1.29 is 27.8 Å². The highest BCUT2D eigenvalue weighted by Gasteiger charge is 2.49. The molecule has 4 aliphatic heterocycles. The molecule has 46 heavy (non-hydrogen) atoms. The Labute approximate surface area is 262 Å². The third kappa shape index (κ3) is 4.38. The number of terminal acetylenes is 1. The predicted octanol–water partition coefficient (Wildman–Crippen LogP) is 5.27. The number of phenolic OH excluding ortho intramolecular Hbond substituents is 1. The maximum Gasteiger partial charge on any atom is 0.319 e. The number of hydrogen-bond acceptors (Lipinski definition) is 9. The van der Waals surface area contributed by atoms with E-state index in [1.165, 1.54) is 24.3 Å². The summed E-state index contributed by atoms with van der Waals surface area (Å²) in [6.07, 6.45) is 7.89. The van der Waals surface area contributed by atoms with Crippen LogP contribution in [0.2, 0.25) is 0 Å². The number of alkyl halides is 1. The molecule has 9 nitrogen and oxygen atoms in total. The number of fused-ring (bicyclic) bond motifs is 4. The number of piperidine rings is 1. The van der Waals surface area contributed by atoms with Crippen LogP contribution >= 0.6 is 0 Å². The van der Waals surface area contributed by atoms with E-state index in [2.05, 4.69) is 26.9 Å². The molecule has 0 saturated carbocycles. The number of aromatic nitrogens is 3. The zero-order chi connectivity index (χ0) is 31.7. The number of benzene rings is 2. The van der Waals surface area contributed by atoms with Gasteiger partial charge in [0.2, 0.25) is 5.88 Å². The highest BCUT2D eigenvalue weighted by Crippen LogP contribution is 2.45. The van der Waals surface area contributed by atoms with E-state index in [1.807, 2.05) is 4.90 Å². The number of ether oxygens (including phenoxy) is 2. The molecule has 0 aliphatic carbocycles. The Kier molecular flexibility index (Phi) is 6.62. The summed E-state index contributed by atoms with van der Waals surface area (Å²) in [7, 11) is 0. The van der Waals surface area contributed by atoms with Gasteiger partial charge in [-0.1, -0.05) is 12.0 Å². The lowest BCUT2D eigenvalue weighted by molar-refractivity contribution is 0.107. The van der Waals surface area contributed by atoms with Crippen molar-refractivity contribution in [2.24, 2.45) is 5.92 Å². The molecule has 6 heterocycles. The topological polar surface area (TPSA) is 108 Å². The standard InChI is InChI=1S/C34H29F3N6O3/c1-2-23-25(36)5-4-19-11-22(44)12-24(26(19)23)29-28(37)30-27-31(43-9-6-18(14-38)10-21(43)16-45-32(27)39-29)41-33(40-30)46-17-34-7-3-8-42(34)15-20(35)13-34/h1,4-5,11-12,18,20-21,44H,3,6-10,13,15-17H2/t18-,20+,21+,34-/m0/s1. The molecule has 0 spiro atoms. The van der Waals surface area contributed by atoms with Crippen LogP contribution in [0.1, 0.15) is 37.7 Å². The maximum atomic E-state index is 16.9. The molecule has 2 aromatic carbocycles. The van der Waals surface area contributed by atoms with Gasteiger partial charge in [0.25, 0.3) is 0 Å². The minimum absolute atomic E-state index is 0.0580. The van der Waals surface area contributed by atoms with Crippen LogP contribution in [0.3, 0.4) is 0 Å². The van der Waals surface area contributed by atoms with Crippen LogP contribution in [-0.4, -0.2) is 75.6 Å². The summed E-state index contributed by atoms with van der Waals surface area (Å²) in [5.74, 6) is 0.876. The van der Waals surface area contributed by atoms with Gasteiger partial charge in [0, 0.05) is 30.5 Å². The van der Waals surface area contributed by atoms with E-state index in [0.717, 1.165) is 19.4 Å². The van der Waals surface area contributed by atoms with Crippen LogP contribution in [0.5, 0.6) is 17.6 Å². The zero-order valence-corrected chi connectivity index (χ0v) is 24.8. The number of halogens is 3. The monoisotopic (exact) mass is 626 g/mol. The Morgan fingerprint density at radius 2 is 2.04 bits per heavy atom. The molecule has 12 heteroatoms. The third-order valence-corrected chi connectivity index (χ3v) is 9.98. The van der Waals surface area contributed by atoms with Gasteiger partial charge in [-0.15, -0.1) is 6.42 Å². The van der Waals surface area contributed by atoms with Crippen LogP contribution < -0.4 is 14.4 Å². The van der Waals surface area contributed by atoms with Crippen LogP contribution in [0, 0.1) is 41.2 Å². The molecule has 3 fully saturated rings. The number of aromatic hydroxyl groups is 1. The number of pyridine rings is 1. The highest BCUT2D eigenvalue weighted by molar-refractivity contribution is 6.04. The van der Waals surface area contributed by atoms with E-state index in [0.29, 0.717) is 43.6 Å². The van der Waals surface area contributed by atoms with Crippen molar-refractivity contribution in [3.63, 3.8) is 0 Å². The molecule has 4 atom stereocenters. The van der Waals surface area contributed by atoms with Gasteiger partial charge < -0.3 is 19.5 Å². The molecular formula is C34H29F3N6O3. The average molecular weight is 627 g/mol. The van der Waals surface area contributed by atoms with E-state index in [1.54, 1.807) is 0 Å². The van der Waals surface area contributed by atoms with Crippen LogP contribution in [0.4, 0.5) is 19.0 Å². The predicted molar refractivity (Wildman–Crippen MR) is 163 cm³/mol. The van der Waals surface area contributed by atoms with E-state index < -0.39 is 23.3 Å². The second-order valence-corrected chi connectivity index (χ2v) is 12.7. The molecule has 0 bridgehead atoms. The Morgan fingerprint density at radius 3 is 2.87 bits per heavy atom. The number of anilines is 1. The third-order valence-electron chi connectivity index (χ3n) is 9.98. The largest absolute Gasteiger partial charge is 0.508 e. The Bertz CT molecular complexity index is 2010. The highest BCUT2D eigenvalue weighted by atomic mass is 19.1. The molecule has 8 rings (SSSR count). The lowest BCUT2D eigenvalue weighted by Crippen LogP contribution is -2.45. The Morgan fingerprint density at radius 1 is 1.17 bits per heavy atom. The maximum absolute atomic E-state index is 16.9. The van der Waals surface area contributed by atoms with Crippen molar-refractivity contribution >= 4 is 27.5 Å². The lowest BCUT2D eigenvalue weighted by atomic mass is 9.92. The first-order valence-corrected chi connectivity index (χ1v) is 15.4. The fourth-order valence-electron chi connectivity index (χ4n) is 7.84. The summed E-state index contributed by atoms with van der Waals surface area (Å²) in [5, 5.41) is 21.1. The van der Waals surface area contributed by atoms with Gasteiger partial charge in [-0.3, -0.25) is 4.90 Å². The molecule has 2 aromatic heterocycles. The number of nitrogens with zero attached hydrogens (tertiary/aromatic N) is 6. The van der Waals surface area contributed by atoms with Gasteiger partial charge in [0.05, 0.1) is 29.1 Å². The van der Waals surface area contributed by atoms with Crippen molar-refractivity contribution in [3.8, 4) is 47.3 Å². The summed E-state index contributed by atoms with van der Waals surface area (Å²) in [5.41, 5.74) is -0.889. The van der Waals surface area contributed by atoms with Crippen molar-refractivity contribution in [2.75, 3.05) is 37.7 Å². The molecule has 0 unspecified atom stereocenters. The second-order valence-electron chi connectivity index (χ2n) is 12.7. The lowest BCUT2D eigenvalue weighted by Gasteiger charge is -2.37. The van der Waals surface area contributed by atoms with Crippen LogP contribution in [0.25, 0.3) is 32.9 Å². The van der Waals surface area contributed by atoms with Gasteiger partial charge in [-0.25, -0.2) is 18.2 Å². The van der Waals surface area contributed by atoms with E-state index in [9.17, 15) is 19.1 Å². The first-order chi connectivity index (χ1) is 22.3. The quantitative estimate of drug-likeness (QED) is 0.304. The minimum Gasteiger partial charge on any atom is -0.508 e. The van der Waals surface area contributed by atoms with Gasteiger partial charge in [-0.2, -0.15) is 15.2 Å². The van der Waals surface area contributed by atoms with Gasteiger partial charge in [0.15, 0.2) is 5.82 Å². The van der Waals surface area contributed by atoms with Gasteiger partial charge in [0.1, 0.15) is 53.4 Å². The van der Waals surface area contributed by atoms with Crippen molar-refractivity contribution in [3.05, 3.63) is 41.5 Å². The first kappa shape index (κ1) is 28.6. The smallest absolute Gasteiger partial charge is 0.319 e. The van der Waals surface area contributed by atoms with E-state index >= 15 is 4.39 Å². The van der Waals surface area contributed by atoms with Crippen LogP contribution in [-0.2, 0) is 0 Å². The van der Waals surface area contributed by atoms with Crippen molar-refractivity contribution in [1.82, 2.24) is 19.9 Å². The summed E-state index contributed by atoms with van der Waals surface area (Å²) in [6.45, 7) is 1.91. The fraction of sp³-hybridized carbons (Fsp3) is 0.412. The summed E-state index contributed by atoms with van der Waals surface area (Å²) < 4.78 is 58.7. The van der Waals surface area contributed by atoms with Crippen molar-refractivity contribution in [1.29, 1.82) is 5.26 Å². The number of rotatable bonds is 4. The molecular weight excluding hydrogens is 597 g/mol. The molecule has 0 radical (unpaired) electrons. The first-order valence-electron chi connectivity index (χ1n) is 15.4. The average Bonchev–Trinajstić information content (AvgIpc) is 3.53. The normalized spacial score (nSPS) is 25.4. The Hall–Kier alpha value is -4.81. The van der Waals surface area contributed by atoms with Gasteiger partial charge in [-0.05, 0) is 55.8 Å². The molecule has 1 N–H and O–H groups in total. The zero-order valence-electron chi connectivity index (χ0n) is 24.8. The van der Waals surface area contributed by atoms with Crippen molar-refractivity contribution in [2.45, 2.75) is 49.9 Å².